The van der Waals surface area contributed by atoms with Gasteiger partial charge in [-0.05, 0) is 25.7 Å². The molecule has 0 aromatic carbocycles. The minimum absolute atomic E-state index is 0.00607. The summed E-state index contributed by atoms with van der Waals surface area (Å²) in [5.74, 6) is 0.107. The van der Waals surface area contributed by atoms with Crippen molar-refractivity contribution in [1.29, 1.82) is 0 Å². The van der Waals surface area contributed by atoms with Gasteiger partial charge in [0.05, 0.1) is 12.1 Å². The molecule has 2 aliphatic rings. The zero-order valence-electron chi connectivity index (χ0n) is 12.1. The lowest BCUT2D eigenvalue weighted by molar-refractivity contribution is -0.137. The molecule has 2 unspecified atom stereocenters. The molecule has 0 bridgehead atoms. The summed E-state index contributed by atoms with van der Waals surface area (Å²) < 4.78 is 0. The molecule has 0 saturated heterocycles. The number of aliphatic hydroxyl groups is 1. The topological polar surface area (TPSA) is 66.6 Å². The molecule has 0 spiro atoms. The largest absolute Gasteiger partial charge is 0.391 e. The van der Waals surface area contributed by atoms with Crippen LogP contribution in [-0.2, 0) is 4.79 Å². The molecule has 2 atom stereocenters. The number of hydrogen-bond donors (Lipinski definition) is 2. The second-order valence-corrected chi connectivity index (χ2v) is 6.52. The summed E-state index contributed by atoms with van der Waals surface area (Å²) in [7, 11) is 1.83. The van der Waals surface area contributed by atoms with Crippen LogP contribution in [0, 0.1) is 0 Å². The molecule has 2 saturated carbocycles. The van der Waals surface area contributed by atoms with Crippen molar-refractivity contribution in [2.75, 3.05) is 7.05 Å². The van der Waals surface area contributed by atoms with E-state index in [1.165, 1.54) is 6.42 Å². The summed E-state index contributed by atoms with van der Waals surface area (Å²) in [5, 5.41) is 10.0. The molecule has 0 aromatic rings. The van der Waals surface area contributed by atoms with Gasteiger partial charge in [-0.1, -0.05) is 32.1 Å². The Labute approximate surface area is 116 Å². The highest BCUT2D eigenvalue weighted by atomic mass is 16.3. The zero-order chi connectivity index (χ0) is 13.9. The Hall–Kier alpha value is -0.610. The highest BCUT2D eigenvalue weighted by Crippen LogP contribution is 2.30. The number of hydrogen-bond acceptors (Lipinski definition) is 3. The predicted molar refractivity (Wildman–Crippen MR) is 75.7 cm³/mol. The van der Waals surface area contributed by atoms with Gasteiger partial charge in [0, 0.05) is 19.0 Å². The molecule has 1 amide bonds. The Morgan fingerprint density at radius 1 is 1.21 bits per heavy atom. The van der Waals surface area contributed by atoms with Crippen LogP contribution in [0.25, 0.3) is 0 Å². The monoisotopic (exact) mass is 268 g/mol. The van der Waals surface area contributed by atoms with Crippen LogP contribution in [-0.4, -0.2) is 40.6 Å². The first kappa shape index (κ1) is 14.8. The van der Waals surface area contributed by atoms with E-state index < -0.39 is 0 Å². The Kier molecular flexibility index (Phi) is 4.85. The number of likely N-dealkylation sites (N-methyl/N-ethyl adjacent to an activating group) is 1. The fourth-order valence-electron chi connectivity index (χ4n) is 3.59. The summed E-state index contributed by atoms with van der Waals surface area (Å²) in [6.45, 7) is 0. The van der Waals surface area contributed by atoms with E-state index in [1.807, 2.05) is 7.05 Å². The van der Waals surface area contributed by atoms with Crippen LogP contribution in [0.2, 0.25) is 0 Å². The number of carbonyl (C=O) groups is 1. The van der Waals surface area contributed by atoms with Gasteiger partial charge in [0.15, 0.2) is 0 Å². The van der Waals surface area contributed by atoms with Gasteiger partial charge in [0.2, 0.25) is 5.91 Å². The number of carbonyl (C=O) groups excluding carboxylic acids is 1. The number of nitrogens with two attached hydrogens (primary N) is 1. The van der Waals surface area contributed by atoms with Gasteiger partial charge in [-0.2, -0.15) is 0 Å². The van der Waals surface area contributed by atoms with Crippen molar-refractivity contribution in [3.05, 3.63) is 0 Å². The lowest BCUT2D eigenvalue weighted by Gasteiger charge is -2.38. The maximum atomic E-state index is 12.4. The third kappa shape index (κ3) is 3.69. The predicted octanol–water partition coefficient (Wildman–Crippen LogP) is 1.80. The van der Waals surface area contributed by atoms with Gasteiger partial charge in [-0.3, -0.25) is 4.79 Å². The Morgan fingerprint density at radius 3 is 2.47 bits per heavy atom. The van der Waals surface area contributed by atoms with Crippen molar-refractivity contribution >= 4 is 5.91 Å². The average Bonchev–Trinajstić information content (AvgIpc) is 2.39. The quantitative estimate of drug-likeness (QED) is 0.820. The minimum Gasteiger partial charge on any atom is -0.391 e. The fourth-order valence-corrected chi connectivity index (χ4v) is 3.59. The third-order valence-corrected chi connectivity index (χ3v) is 4.94. The van der Waals surface area contributed by atoms with E-state index >= 15 is 0 Å². The molecule has 3 N–H and O–H groups in total. The maximum Gasteiger partial charge on any atom is 0.224 e. The Bertz CT molecular complexity index is 313. The van der Waals surface area contributed by atoms with Crippen molar-refractivity contribution in [1.82, 2.24) is 4.90 Å². The van der Waals surface area contributed by atoms with Crippen LogP contribution < -0.4 is 5.73 Å². The van der Waals surface area contributed by atoms with Crippen molar-refractivity contribution in [3.8, 4) is 0 Å². The van der Waals surface area contributed by atoms with Crippen molar-refractivity contribution in [2.24, 2.45) is 5.73 Å². The van der Waals surface area contributed by atoms with Crippen LogP contribution >= 0.6 is 0 Å². The molecular weight excluding hydrogens is 240 g/mol. The normalized spacial score (nSPS) is 30.9. The SMILES string of the molecule is CN(C(=O)CC1(N)CCCCC1)C1CCCCC1O. The van der Waals surface area contributed by atoms with E-state index in [0.717, 1.165) is 51.4 Å². The van der Waals surface area contributed by atoms with Crippen LogP contribution in [0.5, 0.6) is 0 Å². The zero-order valence-corrected chi connectivity index (χ0v) is 12.1. The van der Waals surface area contributed by atoms with Gasteiger partial charge in [0.25, 0.3) is 0 Å². The molecule has 0 heterocycles. The first-order chi connectivity index (χ1) is 9.02. The second-order valence-electron chi connectivity index (χ2n) is 6.52. The van der Waals surface area contributed by atoms with Crippen LogP contribution in [0.4, 0.5) is 0 Å². The van der Waals surface area contributed by atoms with Crippen molar-refractivity contribution in [2.45, 2.75) is 81.9 Å². The van der Waals surface area contributed by atoms with Crippen LogP contribution in [0.1, 0.15) is 64.2 Å². The Morgan fingerprint density at radius 2 is 1.84 bits per heavy atom. The minimum atomic E-state index is -0.359. The van der Waals surface area contributed by atoms with E-state index in [-0.39, 0.29) is 23.6 Å². The number of amides is 1. The number of nitrogens with zero attached hydrogens (tertiary/aromatic N) is 1. The third-order valence-electron chi connectivity index (χ3n) is 4.94. The van der Waals surface area contributed by atoms with E-state index in [0.29, 0.717) is 6.42 Å². The maximum absolute atomic E-state index is 12.4. The fraction of sp³-hybridized carbons (Fsp3) is 0.933. The number of aliphatic hydroxyl groups excluding tert-OH is 1. The van der Waals surface area contributed by atoms with Crippen molar-refractivity contribution < 1.29 is 9.90 Å². The van der Waals surface area contributed by atoms with Gasteiger partial charge in [-0.25, -0.2) is 0 Å². The molecule has 19 heavy (non-hydrogen) atoms. The molecular formula is C15H28N2O2. The van der Waals surface area contributed by atoms with E-state index in [4.69, 9.17) is 5.73 Å². The Balaban J connectivity index is 1.91. The van der Waals surface area contributed by atoms with E-state index in [2.05, 4.69) is 0 Å². The van der Waals surface area contributed by atoms with Crippen LogP contribution in [0.3, 0.4) is 0 Å². The second kappa shape index (κ2) is 6.23. The first-order valence-corrected chi connectivity index (χ1v) is 7.74. The van der Waals surface area contributed by atoms with Gasteiger partial charge >= 0.3 is 0 Å². The van der Waals surface area contributed by atoms with Gasteiger partial charge < -0.3 is 15.7 Å². The first-order valence-electron chi connectivity index (χ1n) is 7.74. The van der Waals surface area contributed by atoms with Crippen molar-refractivity contribution in [3.63, 3.8) is 0 Å². The summed E-state index contributed by atoms with van der Waals surface area (Å²) in [4.78, 5) is 14.2. The highest BCUT2D eigenvalue weighted by Gasteiger charge is 2.34. The number of rotatable bonds is 3. The summed E-state index contributed by atoms with van der Waals surface area (Å²) in [5.41, 5.74) is 6.05. The van der Waals surface area contributed by atoms with Crippen LogP contribution in [0.15, 0.2) is 0 Å². The smallest absolute Gasteiger partial charge is 0.224 e. The summed E-state index contributed by atoms with van der Waals surface area (Å²) >= 11 is 0. The van der Waals surface area contributed by atoms with Gasteiger partial charge in [0.1, 0.15) is 0 Å². The molecule has 0 radical (unpaired) electrons. The summed E-state index contributed by atoms with van der Waals surface area (Å²) in [6.07, 6.45) is 9.42. The summed E-state index contributed by atoms with van der Waals surface area (Å²) in [6, 6.07) is -0.00607. The molecule has 4 heteroatoms. The lowest BCUT2D eigenvalue weighted by atomic mass is 9.79. The van der Waals surface area contributed by atoms with E-state index in [9.17, 15) is 9.90 Å². The molecule has 0 aliphatic heterocycles. The van der Waals surface area contributed by atoms with E-state index in [1.54, 1.807) is 4.90 Å². The molecule has 2 rings (SSSR count). The molecule has 0 aromatic heterocycles. The average molecular weight is 268 g/mol. The molecule has 2 aliphatic carbocycles. The van der Waals surface area contributed by atoms with Gasteiger partial charge in [-0.15, -0.1) is 0 Å². The molecule has 110 valence electrons. The highest BCUT2D eigenvalue weighted by molar-refractivity contribution is 5.77. The molecule has 4 nitrogen and oxygen atoms in total. The molecule has 2 fully saturated rings. The lowest BCUT2D eigenvalue weighted by Crippen LogP contribution is -2.51. The standard InChI is InChI=1S/C15H28N2O2/c1-17(12-7-3-4-8-13(12)18)14(19)11-15(16)9-5-2-6-10-15/h12-13,18H,2-11,16H2,1H3.